The lowest BCUT2D eigenvalue weighted by atomic mass is 10.2. The molecule has 0 aliphatic heterocycles. The van der Waals surface area contributed by atoms with Gasteiger partial charge in [0, 0.05) is 6.92 Å². The Balaban J connectivity index is 1.60. The molecule has 0 aliphatic carbocycles. The van der Waals surface area contributed by atoms with Crippen LogP contribution in [0.4, 0.5) is 5.82 Å². The molecule has 9 heteroatoms. The first-order valence-electron chi connectivity index (χ1n) is 7.78. The van der Waals surface area contributed by atoms with Gasteiger partial charge >= 0.3 is 5.82 Å². The van der Waals surface area contributed by atoms with Crippen LogP contribution in [0.5, 0.6) is 5.75 Å². The van der Waals surface area contributed by atoms with Crippen molar-refractivity contribution in [3.63, 3.8) is 0 Å². The molecule has 0 radical (unpaired) electrons. The Morgan fingerprint density at radius 1 is 1.24 bits per heavy atom. The van der Waals surface area contributed by atoms with Gasteiger partial charge in [-0.15, -0.1) is 5.10 Å². The van der Waals surface area contributed by atoms with Gasteiger partial charge in [0.1, 0.15) is 30.8 Å². The van der Waals surface area contributed by atoms with Crippen LogP contribution in [0.15, 0.2) is 36.7 Å². The summed E-state index contributed by atoms with van der Waals surface area (Å²) < 4.78 is 8.92. The van der Waals surface area contributed by atoms with Crippen molar-refractivity contribution in [2.75, 3.05) is 0 Å². The van der Waals surface area contributed by atoms with Crippen molar-refractivity contribution >= 4 is 5.82 Å². The molecule has 25 heavy (non-hydrogen) atoms. The fraction of sp³-hybridized carbons (Fsp3) is 0.312. The Bertz CT molecular complexity index is 886. The lowest BCUT2D eigenvalue weighted by Gasteiger charge is -2.06. The Morgan fingerprint density at radius 2 is 2.04 bits per heavy atom. The van der Waals surface area contributed by atoms with Crippen molar-refractivity contribution in [2.24, 2.45) is 0 Å². The number of aryl methyl sites for hydroxylation is 3. The Kier molecular flexibility index (Phi) is 4.73. The van der Waals surface area contributed by atoms with Gasteiger partial charge in [-0.05, 0) is 23.5 Å². The van der Waals surface area contributed by atoms with E-state index in [1.807, 2.05) is 31.2 Å². The summed E-state index contributed by atoms with van der Waals surface area (Å²) in [4.78, 5) is 14.5. The van der Waals surface area contributed by atoms with Gasteiger partial charge in [-0.2, -0.15) is 0 Å². The largest absolute Gasteiger partial charge is 0.487 e. The maximum atomic E-state index is 11.0. The van der Waals surface area contributed by atoms with Crippen molar-refractivity contribution in [3.8, 4) is 5.75 Å². The average Bonchev–Trinajstić information content (AvgIpc) is 3.18. The second kappa shape index (κ2) is 7.12. The fourth-order valence-electron chi connectivity index (χ4n) is 2.46. The topological polar surface area (TPSA) is 101 Å². The zero-order valence-electron chi connectivity index (χ0n) is 14.0. The molecular weight excluding hydrogens is 324 g/mol. The van der Waals surface area contributed by atoms with Crippen molar-refractivity contribution in [2.45, 2.75) is 33.5 Å². The number of hydrogen-bond acceptors (Lipinski definition) is 6. The summed E-state index contributed by atoms with van der Waals surface area (Å²) in [5.74, 6) is 1.37. The van der Waals surface area contributed by atoms with Crippen molar-refractivity contribution in [1.29, 1.82) is 0 Å². The minimum Gasteiger partial charge on any atom is -0.487 e. The van der Waals surface area contributed by atoms with E-state index in [0.29, 0.717) is 31.2 Å². The SMILES string of the molecule is Cc1ccccc1OCc1cn(CCn2c([N+](=O)[O-])cnc2C)nn1. The molecule has 0 spiro atoms. The number of imidazole rings is 1. The molecule has 0 bridgehead atoms. The molecule has 3 aromatic rings. The van der Waals surface area contributed by atoms with Gasteiger partial charge < -0.3 is 14.9 Å². The highest BCUT2D eigenvalue weighted by atomic mass is 16.6. The van der Waals surface area contributed by atoms with Gasteiger partial charge in [0.05, 0.1) is 12.7 Å². The van der Waals surface area contributed by atoms with Gasteiger partial charge in [0.15, 0.2) is 5.82 Å². The molecule has 0 fully saturated rings. The molecule has 130 valence electrons. The molecule has 0 aliphatic rings. The predicted molar refractivity (Wildman–Crippen MR) is 89.2 cm³/mol. The first-order chi connectivity index (χ1) is 12.0. The maximum Gasteiger partial charge on any atom is 0.342 e. The highest BCUT2D eigenvalue weighted by Crippen LogP contribution is 2.17. The number of benzene rings is 1. The van der Waals surface area contributed by atoms with Crippen molar-refractivity contribution in [1.82, 2.24) is 24.5 Å². The first kappa shape index (κ1) is 16.6. The van der Waals surface area contributed by atoms with Crippen molar-refractivity contribution < 1.29 is 9.66 Å². The summed E-state index contributed by atoms with van der Waals surface area (Å²) in [5, 5.41) is 19.1. The standard InChI is InChI=1S/C16H18N6O3/c1-12-5-3-4-6-15(12)25-11-14-10-20(19-18-14)7-8-21-13(2)17-9-16(21)22(23)24/h3-6,9-10H,7-8,11H2,1-2H3. The van der Waals surface area contributed by atoms with Crippen LogP contribution in [0, 0.1) is 24.0 Å². The molecule has 3 rings (SSSR count). The molecule has 0 atom stereocenters. The Hall–Kier alpha value is -3.23. The lowest BCUT2D eigenvalue weighted by Crippen LogP contribution is -2.11. The van der Waals surface area contributed by atoms with Crippen LogP contribution in [0.1, 0.15) is 17.1 Å². The highest BCUT2D eigenvalue weighted by Gasteiger charge is 2.17. The van der Waals surface area contributed by atoms with Crippen LogP contribution < -0.4 is 4.74 Å². The number of hydrogen-bond donors (Lipinski definition) is 0. The number of aromatic nitrogens is 5. The normalized spacial score (nSPS) is 10.8. The fourth-order valence-corrected chi connectivity index (χ4v) is 2.46. The van der Waals surface area contributed by atoms with Crippen LogP contribution in [-0.2, 0) is 19.7 Å². The minimum atomic E-state index is -0.442. The molecule has 9 nitrogen and oxygen atoms in total. The quantitative estimate of drug-likeness (QED) is 0.482. The average molecular weight is 342 g/mol. The van der Waals surface area contributed by atoms with Gasteiger partial charge in [0.25, 0.3) is 0 Å². The highest BCUT2D eigenvalue weighted by molar-refractivity contribution is 5.31. The summed E-state index contributed by atoms with van der Waals surface area (Å²) in [7, 11) is 0. The first-order valence-corrected chi connectivity index (χ1v) is 7.78. The Labute approximate surface area is 144 Å². The van der Waals surface area contributed by atoms with Crippen LogP contribution in [0.2, 0.25) is 0 Å². The summed E-state index contributed by atoms with van der Waals surface area (Å²) in [6.07, 6.45) is 3.04. The number of nitrogens with zero attached hydrogens (tertiary/aromatic N) is 6. The predicted octanol–water partition coefficient (Wildman–Crippen LogP) is 2.28. The lowest BCUT2D eigenvalue weighted by molar-refractivity contribution is -0.392. The molecule has 1 aromatic carbocycles. The molecule has 0 N–H and O–H groups in total. The van der Waals surface area contributed by atoms with Crippen LogP contribution in [0.3, 0.4) is 0 Å². The molecule has 0 unspecified atom stereocenters. The minimum absolute atomic E-state index is 0.0271. The van der Waals surface area contributed by atoms with E-state index in [9.17, 15) is 10.1 Å². The maximum absolute atomic E-state index is 11.0. The van der Waals surface area contributed by atoms with E-state index in [1.165, 1.54) is 6.20 Å². The zero-order chi connectivity index (χ0) is 17.8. The van der Waals surface area contributed by atoms with Gasteiger partial charge in [-0.3, -0.25) is 0 Å². The molecular formula is C16H18N6O3. The smallest absolute Gasteiger partial charge is 0.342 e. The van der Waals surface area contributed by atoms with Crippen molar-refractivity contribution in [3.05, 3.63) is 63.9 Å². The van der Waals surface area contributed by atoms with E-state index in [-0.39, 0.29) is 5.82 Å². The summed E-state index contributed by atoms with van der Waals surface area (Å²) in [6, 6.07) is 7.75. The van der Waals surface area contributed by atoms with Crippen LogP contribution in [0.25, 0.3) is 0 Å². The number of ether oxygens (including phenoxy) is 1. The summed E-state index contributed by atoms with van der Waals surface area (Å²) in [6.45, 7) is 4.87. The second-order valence-corrected chi connectivity index (χ2v) is 5.60. The molecule has 2 heterocycles. The van der Waals surface area contributed by atoms with E-state index >= 15 is 0 Å². The summed E-state index contributed by atoms with van der Waals surface area (Å²) >= 11 is 0. The second-order valence-electron chi connectivity index (χ2n) is 5.60. The van der Waals surface area contributed by atoms with Gasteiger partial charge in [-0.25, -0.2) is 14.2 Å². The van der Waals surface area contributed by atoms with E-state index < -0.39 is 4.92 Å². The number of para-hydroxylation sites is 1. The summed E-state index contributed by atoms with van der Waals surface area (Å²) in [5.41, 5.74) is 1.75. The Morgan fingerprint density at radius 3 is 2.80 bits per heavy atom. The third kappa shape index (κ3) is 3.82. The van der Waals surface area contributed by atoms with Crippen LogP contribution in [-0.4, -0.2) is 29.5 Å². The van der Waals surface area contributed by atoms with E-state index in [1.54, 1.807) is 22.4 Å². The van der Waals surface area contributed by atoms with E-state index in [2.05, 4.69) is 15.3 Å². The van der Waals surface area contributed by atoms with E-state index in [0.717, 1.165) is 11.3 Å². The third-order valence-corrected chi connectivity index (χ3v) is 3.83. The monoisotopic (exact) mass is 342 g/mol. The van der Waals surface area contributed by atoms with Gasteiger partial charge in [0.2, 0.25) is 0 Å². The number of rotatable bonds is 7. The molecule has 0 saturated carbocycles. The molecule has 0 amide bonds. The van der Waals surface area contributed by atoms with E-state index in [4.69, 9.17) is 4.74 Å². The third-order valence-electron chi connectivity index (χ3n) is 3.83. The molecule has 0 saturated heterocycles. The zero-order valence-corrected chi connectivity index (χ0v) is 14.0. The molecule has 2 aromatic heterocycles. The van der Waals surface area contributed by atoms with Crippen LogP contribution >= 0.6 is 0 Å². The number of nitro groups is 1. The van der Waals surface area contributed by atoms with Gasteiger partial charge in [-0.1, -0.05) is 23.4 Å².